The number of nitrogens with zero attached hydrogens (tertiary/aromatic N) is 2. The van der Waals surface area contributed by atoms with E-state index in [2.05, 4.69) is 31.7 Å². The Hall–Kier alpha value is -3.87. The molecule has 7 heteroatoms. The van der Waals surface area contributed by atoms with E-state index in [0.717, 1.165) is 39.0 Å². The van der Waals surface area contributed by atoms with Gasteiger partial charge in [-0.15, -0.1) is 0 Å². The second-order valence-corrected chi connectivity index (χ2v) is 6.69. The number of nitrogens with one attached hydrogen (secondary N) is 3. The van der Waals surface area contributed by atoms with Crippen LogP contribution in [0.4, 0.5) is 10.7 Å². The van der Waals surface area contributed by atoms with Crippen LogP contribution in [0.5, 0.6) is 5.75 Å². The molecule has 0 aliphatic carbocycles. The van der Waals surface area contributed by atoms with Gasteiger partial charge in [-0.3, -0.25) is 10.3 Å². The lowest BCUT2D eigenvalue weighted by molar-refractivity contribution is 0.252. The van der Waals surface area contributed by atoms with Crippen molar-refractivity contribution in [3.05, 3.63) is 60.9 Å². The van der Waals surface area contributed by atoms with Gasteiger partial charge in [-0.25, -0.2) is 9.78 Å². The van der Waals surface area contributed by atoms with Crippen LogP contribution < -0.4 is 15.4 Å². The third-order valence-corrected chi connectivity index (χ3v) is 4.61. The molecule has 0 saturated heterocycles. The Kier molecular flexibility index (Phi) is 5.61. The fourth-order valence-electron chi connectivity index (χ4n) is 3.33. The lowest BCUT2D eigenvalue weighted by atomic mass is 9.98. The van der Waals surface area contributed by atoms with E-state index >= 15 is 0 Å². The van der Waals surface area contributed by atoms with Gasteiger partial charge in [0.05, 0.1) is 17.6 Å². The van der Waals surface area contributed by atoms with E-state index in [0.29, 0.717) is 19.1 Å². The highest BCUT2D eigenvalue weighted by Gasteiger charge is 2.14. The standard InChI is InChI=1S/C23H23N5O2/c1-3-25-23(29)28-22-26-20-13-17(16-8-6-10-24-14-16)12-19(21(20)27-22)15-7-5-9-18(11-15)30-4-2/h5-14H,3-4H2,1-2H3,(H3,25,26,27,28,29). The Morgan fingerprint density at radius 2 is 1.93 bits per heavy atom. The number of hydrogen-bond donors (Lipinski definition) is 3. The van der Waals surface area contributed by atoms with Crippen molar-refractivity contribution in [3.8, 4) is 28.0 Å². The summed E-state index contributed by atoms with van der Waals surface area (Å²) >= 11 is 0. The van der Waals surface area contributed by atoms with E-state index < -0.39 is 0 Å². The highest BCUT2D eigenvalue weighted by molar-refractivity contribution is 5.98. The Morgan fingerprint density at radius 1 is 1.07 bits per heavy atom. The molecule has 0 aliphatic heterocycles. The number of aromatic nitrogens is 3. The highest BCUT2D eigenvalue weighted by Crippen LogP contribution is 2.35. The first-order valence-electron chi connectivity index (χ1n) is 9.90. The Balaban J connectivity index is 1.86. The number of urea groups is 1. The molecule has 3 N–H and O–H groups in total. The molecule has 152 valence electrons. The summed E-state index contributed by atoms with van der Waals surface area (Å²) in [5.41, 5.74) is 5.50. The number of ether oxygens (including phenoxy) is 1. The zero-order chi connectivity index (χ0) is 20.9. The summed E-state index contributed by atoms with van der Waals surface area (Å²) in [6.45, 7) is 4.95. The van der Waals surface area contributed by atoms with Crippen molar-refractivity contribution in [2.24, 2.45) is 0 Å². The number of hydrogen-bond acceptors (Lipinski definition) is 4. The van der Waals surface area contributed by atoms with Gasteiger partial charge in [0.25, 0.3) is 0 Å². The smallest absolute Gasteiger partial charge is 0.321 e. The Bertz CT molecular complexity index is 1170. The maximum Gasteiger partial charge on any atom is 0.321 e. The zero-order valence-electron chi connectivity index (χ0n) is 16.9. The molecule has 4 rings (SSSR count). The molecule has 2 heterocycles. The monoisotopic (exact) mass is 401 g/mol. The minimum absolute atomic E-state index is 0.302. The molecule has 0 radical (unpaired) electrons. The maximum absolute atomic E-state index is 11.9. The average Bonchev–Trinajstić information content (AvgIpc) is 3.16. The molecular weight excluding hydrogens is 378 g/mol. The summed E-state index contributed by atoms with van der Waals surface area (Å²) in [6, 6.07) is 15.6. The van der Waals surface area contributed by atoms with E-state index in [9.17, 15) is 4.79 Å². The summed E-state index contributed by atoms with van der Waals surface area (Å²) < 4.78 is 5.68. The molecule has 0 fully saturated rings. The molecule has 0 saturated carbocycles. The number of pyridine rings is 1. The van der Waals surface area contributed by atoms with Crippen molar-refractivity contribution >= 4 is 23.0 Å². The predicted octanol–water partition coefficient (Wildman–Crippen LogP) is 4.83. The average molecular weight is 401 g/mol. The Labute approximate surface area is 174 Å². The second-order valence-electron chi connectivity index (χ2n) is 6.69. The van der Waals surface area contributed by atoms with Gasteiger partial charge in [-0.2, -0.15) is 0 Å². The topological polar surface area (TPSA) is 91.9 Å². The third-order valence-electron chi connectivity index (χ3n) is 4.61. The number of H-pyrrole nitrogens is 1. The molecule has 0 bridgehead atoms. The van der Waals surface area contributed by atoms with Gasteiger partial charge in [0.2, 0.25) is 5.95 Å². The number of carbonyl (C=O) groups is 1. The van der Waals surface area contributed by atoms with Crippen LogP contribution in [0.2, 0.25) is 0 Å². The van der Waals surface area contributed by atoms with Gasteiger partial charge in [-0.05, 0) is 55.3 Å². The van der Waals surface area contributed by atoms with Gasteiger partial charge in [0.15, 0.2) is 0 Å². The maximum atomic E-state index is 11.9. The van der Waals surface area contributed by atoms with Gasteiger partial charge < -0.3 is 15.0 Å². The fourth-order valence-corrected chi connectivity index (χ4v) is 3.33. The summed E-state index contributed by atoms with van der Waals surface area (Å²) in [5, 5.41) is 5.46. The molecular formula is C23H23N5O2. The number of imidazole rings is 1. The summed E-state index contributed by atoms with van der Waals surface area (Å²) in [6.07, 6.45) is 3.57. The van der Waals surface area contributed by atoms with Crippen LogP contribution in [0.15, 0.2) is 60.9 Å². The van der Waals surface area contributed by atoms with Gasteiger partial charge >= 0.3 is 6.03 Å². The first kappa shape index (κ1) is 19.4. The lowest BCUT2D eigenvalue weighted by Crippen LogP contribution is -2.28. The molecule has 0 atom stereocenters. The van der Waals surface area contributed by atoms with E-state index in [4.69, 9.17) is 4.74 Å². The third kappa shape index (κ3) is 4.10. The number of rotatable bonds is 6. The van der Waals surface area contributed by atoms with Crippen LogP contribution >= 0.6 is 0 Å². The molecule has 2 aromatic carbocycles. The van der Waals surface area contributed by atoms with Crippen molar-refractivity contribution in [2.75, 3.05) is 18.5 Å². The van der Waals surface area contributed by atoms with Crippen LogP contribution in [0.25, 0.3) is 33.3 Å². The quantitative estimate of drug-likeness (QED) is 0.431. The van der Waals surface area contributed by atoms with Gasteiger partial charge in [-0.1, -0.05) is 18.2 Å². The fraction of sp³-hybridized carbons (Fsp3) is 0.174. The molecule has 0 aliphatic rings. The van der Waals surface area contributed by atoms with Crippen LogP contribution in [0.3, 0.4) is 0 Å². The number of carbonyl (C=O) groups excluding carboxylic acids is 1. The van der Waals surface area contributed by atoms with E-state index in [-0.39, 0.29) is 6.03 Å². The zero-order valence-corrected chi connectivity index (χ0v) is 16.9. The van der Waals surface area contributed by atoms with Crippen molar-refractivity contribution < 1.29 is 9.53 Å². The first-order valence-corrected chi connectivity index (χ1v) is 9.90. The normalized spacial score (nSPS) is 10.7. The van der Waals surface area contributed by atoms with Crippen molar-refractivity contribution in [3.63, 3.8) is 0 Å². The second kappa shape index (κ2) is 8.65. The first-order chi connectivity index (χ1) is 14.7. The molecule has 2 aromatic heterocycles. The number of aromatic amines is 1. The molecule has 4 aromatic rings. The molecule has 0 spiro atoms. The SMILES string of the molecule is CCNC(=O)Nc1nc2c(-c3cccc(OCC)c3)cc(-c3cccnc3)cc2[nH]1. The molecule has 7 nitrogen and oxygen atoms in total. The largest absolute Gasteiger partial charge is 0.494 e. The van der Waals surface area contributed by atoms with E-state index in [1.807, 2.05) is 62.5 Å². The van der Waals surface area contributed by atoms with Crippen LogP contribution in [-0.2, 0) is 0 Å². The Morgan fingerprint density at radius 3 is 2.70 bits per heavy atom. The number of fused-ring (bicyclic) bond motifs is 1. The van der Waals surface area contributed by atoms with Crippen LogP contribution in [0.1, 0.15) is 13.8 Å². The van der Waals surface area contributed by atoms with Gasteiger partial charge in [0.1, 0.15) is 5.75 Å². The summed E-state index contributed by atoms with van der Waals surface area (Å²) in [7, 11) is 0. The van der Waals surface area contributed by atoms with E-state index in [1.54, 1.807) is 6.20 Å². The van der Waals surface area contributed by atoms with Crippen molar-refractivity contribution in [1.29, 1.82) is 0 Å². The van der Waals surface area contributed by atoms with E-state index in [1.165, 1.54) is 0 Å². The van der Waals surface area contributed by atoms with Crippen molar-refractivity contribution in [2.45, 2.75) is 13.8 Å². The number of benzene rings is 2. The summed E-state index contributed by atoms with van der Waals surface area (Å²) in [4.78, 5) is 24.0. The minimum atomic E-state index is -0.302. The number of amides is 2. The molecule has 0 unspecified atom stereocenters. The molecule has 2 amide bonds. The highest BCUT2D eigenvalue weighted by atomic mass is 16.5. The predicted molar refractivity (Wildman–Crippen MR) is 119 cm³/mol. The minimum Gasteiger partial charge on any atom is -0.494 e. The summed E-state index contributed by atoms with van der Waals surface area (Å²) in [5.74, 6) is 1.19. The van der Waals surface area contributed by atoms with Crippen LogP contribution in [0, 0.1) is 0 Å². The molecule has 30 heavy (non-hydrogen) atoms. The number of anilines is 1. The van der Waals surface area contributed by atoms with Crippen LogP contribution in [-0.4, -0.2) is 34.1 Å². The van der Waals surface area contributed by atoms with Crippen molar-refractivity contribution in [1.82, 2.24) is 20.3 Å². The van der Waals surface area contributed by atoms with Gasteiger partial charge in [0, 0.05) is 30.1 Å². The lowest BCUT2D eigenvalue weighted by Gasteiger charge is -2.09.